The van der Waals surface area contributed by atoms with Gasteiger partial charge in [-0.15, -0.1) is 0 Å². The van der Waals surface area contributed by atoms with E-state index in [0.717, 1.165) is 5.56 Å². The minimum atomic E-state index is -1.21. The second-order valence-electron chi connectivity index (χ2n) is 7.08. The van der Waals surface area contributed by atoms with Crippen LogP contribution < -0.4 is 10.6 Å². The number of carbonyl (C=O) groups is 4. The van der Waals surface area contributed by atoms with E-state index in [0.29, 0.717) is 19.3 Å². The summed E-state index contributed by atoms with van der Waals surface area (Å²) in [4.78, 5) is 46.8. The molecule has 2 amide bonds. The van der Waals surface area contributed by atoms with E-state index in [1.165, 1.54) is 0 Å². The normalized spacial score (nSPS) is 18.4. The number of ether oxygens (including phenoxy) is 1. The van der Waals surface area contributed by atoms with Crippen molar-refractivity contribution in [2.45, 2.75) is 50.9 Å². The molecule has 3 atom stereocenters. The van der Waals surface area contributed by atoms with Gasteiger partial charge >= 0.3 is 12.1 Å². The molecule has 0 aromatic heterocycles. The first kappa shape index (κ1) is 22.4. The molecule has 0 spiro atoms. The van der Waals surface area contributed by atoms with E-state index in [-0.39, 0.29) is 31.8 Å². The fourth-order valence-corrected chi connectivity index (χ4v) is 3.22. The topological polar surface area (TPSA) is 142 Å². The van der Waals surface area contributed by atoms with Crippen LogP contribution in [0.5, 0.6) is 0 Å². The third-order valence-electron chi connectivity index (χ3n) is 4.69. The molecule has 4 N–H and O–H groups in total. The van der Waals surface area contributed by atoms with Gasteiger partial charge in [0.05, 0.1) is 12.5 Å². The van der Waals surface area contributed by atoms with Crippen LogP contribution in [0.2, 0.25) is 0 Å². The molecular formula is C20H26N2O7. The van der Waals surface area contributed by atoms with Gasteiger partial charge in [-0.25, -0.2) is 9.59 Å². The Hall–Kier alpha value is -2.94. The van der Waals surface area contributed by atoms with Crippen LogP contribution in [0.15, 0.2) is 30.3 Å². The zero-order valence-electron chi connectivity index (χ0n) is 16.0. The van der Waals surface area contributed by atoms with Crippen LogP contribution in [0, 0.1) is 5.92 Å². The Morgan fingerprint density at radius 1 is 1.21 bits per heavy atom. The lowest BCUT2D eigenvalue weighted by Crippen LogP contribution is -2.48. The maximum atomic E-state index is 12.1. The number of nitrogens with one attached hydrogen (secondary N) is 2. The molecule has 0 saturated heterocycles. The summed E-state index contributed by atoms with van der Waals surface area (Å²) >= 11 is 0. The van der Waals surface area contributed by atoms with Crippen molar-refractivity contribution >= 4 is 23.8 Å². The van der Waals surface area contributed by atoms with E-state index in [4.69, 9.17) is 4.74 Å². The number of alkyl carbamates (subject to hydrolysis) is 1. The maximum absolute atomic E-state index is 12.1. The lowest BCUT2D eigenvalue weighted by atomic mass is 9.83. The van der Waals surface area contributed by atoms with Crippen molar-refractivity contribution in [1.29, 1.82) is 0 Å². The quantitative estimate of drug-likeness (QED) is 0.479. The minimum absolute atomic E-state index is 0.0139. The Bertz CT molecular complexity index is 723. The number of benzene rings is 1. The third kappa shape index (κ3) is 7.90. The molecule has 29 heavy (non-hydrogen) atoms. The van der Waals surface area contributed by atoms with Crippen LogP contribution in [0.4, 0.5) is 4.79 Å². The molecule has 0 heterocycles. The second kappa shape index (κ2) is 11.2. The molecule has 1 aliphatic rings. The van der Waals surface area contributed by atoms with Crippen molar-refractivity contribution < 1.29 is 34.1 Å². The van der Waals surface area contributed by atoms with Gasteiger partial charge in [-0.1, -0.05) is 30.3 Å². The summed E-state index contributed by atoms with van der Waals surface area (Å²) in [6.45, 7) is -0.148. The van der Waals surface area contributed by atoms with E-state index in [9.17, 15) is 29.4 Å². The lowest BCUT2D eigenvalue weighted by molar-refractivity contribution is -0.144. The molecule has 9 nitrogen and oxygen atoms in total. The van der Waals surface area contributed by atoms with Gasteiger partial charge in [0.1, 0.15) is 18.4 Å². The molecule has 1 aliphatic carbocycles. The average molecular weight is 406 g/mol. The number of rotatable bonds is 9. The first-order chi connectivity index (χ1) is 13.8. The number of Topliss-reactive ketones (excluding diaryl/α,β-unsaturated/α-hetero) is 1. The van der Waals surface area contributed by atoms with Crippen LogP contribution in [0.3, 0.4) is 0 Å². The Kier molecular flexibility index (Phi) is 8.60. The van der Waals surface area contributed by atoms with Gasteiger partial charge in [0, 0.05) is 19.4 Å². The van der Waals surface area contributed by atoms with E-state index in [1.807, 2.05) is 18.2 Å². The largest absolute Gasteiger partial charge is 0.480 e. The number of aliphatic carboxylic acids is 1. The number of carboxylic acids is 1. The number of amides is 2. The van der Waals surface area contributed by atoms with Crippen molar-refractivity contribution in [3.8, 4) is 0 Å². The Morgan fingerprint density at radius 2 is 1.93 bits per heavy atom. The van der Waals surface area contributed by atoms with Crippen LogP contribution >= 0.6 is 0 Å². The predicted octanol–water partition coefficient (Wildman–Crippen LogP) is 0.992. The highest BCUT2D eigenvalue weighted by Gasteiger charge is 2.33. The first-order valence-corrected chi connectivity index (χ1v) is 9.51. The van der Waals surface area contributed by atoms with Crippen molar-refractivity contribution in [1.82, 2.24) is 10.6 Å². The number of aliphatic hydroxyl groups is 1. The van der Waals surface area contributed by atoms with Crippen molar-refractivity contribution in [3.05, 3.63) is 35.9 Å². The van der Waals surface area contributed by atoms with Crippen molar-refractivity contribution in [2.24, 2.45) is 5.92 Å². The number of hydrogen-bond donors (Lipinski definition) is 4. The zero-order chi connectivity index (χ0) is 21.2. The molecule has 1 fully saturated rings. The second-order valence-corrected chi connectivity index (χ2v) is 7.08. The van der Waals surface area contributed by atoms with Crippen molar-refractivity contribution in [3.63, 3.8) is 0 Å². The van der Waals surface area contributed by atoms with Gasteiger partial charge in [0.2, 0.25) is 5.91 Å². The van der Waals surface area contributed by atoms with E-state index in [2.05, 4.69) is 10.6 Å². The number of carbonyl (C=O) groups excluding carboxylic acids is 3. The van der Waals surface area contributed by atoms with Crippen LogP contribution in [0.1, 0.15) is 37.7 Å². The van der Waals surface area contributed by atoms with E-state index < -0.39 is 36.0 Å². The van der Waals surface area contributed by atoms with Crippen LogP contribution in [-0.4, -0.2) is 52.7 Å². The maximum Gasteiger partial charge on any atom is 0.407 e. The summed E-state index contributed by atoms with van der Waals surface area (Å²) < 4.78 is 5.00. The smallest absolute Gasteiger partial charge is 0.407 e. The molecule has 158 valence electrons. The van der Waals surface area contributed by atoms with Crippen LogP contribution in [-0.2, 0) is 25.7 Å². The molecule has 0 aliphatic heterocycles. The molecule has 1 aromatic carbocycles. The molecule has 9 heteroatoms. The van der Waals surface area contributed by atoms with Crippen molar-refractivity contribution in [2.75, 3.05) is 6.54 Å². The summed E-state index contributed by atoms with van der Waals surface area (Å²) in [5.41, 5.74) is 0.809. The fourth-order valence-electron chi connectivity index (χ4n) is 3.22. The summed E-state index contributed by atoms with van der Waals surface area (Å²) in [6.07, 6.45) is -0.639. The highest BCUT2D eigenvalue weighted by molar-refractivity contribution is 5.86. The Morgan fingerprint density at radius 3 is 2.59 bits per heavy atom. The Balaban J connectivity index is 1.72. The number of ketones is 1. The zero-order valence-corrected chi connectivity index (χ0v) is 16.0. The van der Waals surface area contributed by atoms with E-state index >= 15 is 0 Å². The fraction of sp³-hybridized carbons (Fsp3) is 0.500. The molecular weight excluding hydrogens is 380 g/mol. The summed E-state index contributed by atoms with van der Waals surface area (Å²) in [5.74, 6) is -2.35. The monoisotopic (exact) mass is 406 g/mol. The lowest BCUT2D eigenvalue weighted by Gasteiger charge is -2.27. The van der Waals surface area contributed by atoms with Gasteiger partial charge in [-0.05, 0) is 24.3 Å². The number of hydrogen-bond acceptors (Lipinski definition) is 6. The minimum Gasteiger partial charge on any atom is -0.480 e. The standard InChI is InChI=1S/C20H26N2O7/c23-15-8-4-7-14(9-15)18(19(26)27)22-17(25)10-16(24)11-21-20(28)29-12-13-5-2-1-3-6-13/h1-3,5-6,14,16,18,24H,4,7-12H2,(H,21,28)(H,22,25)(H,26,27)/t14-,16-,18+/m0/s1. The first-order valence-electron chi connectivity index (χ1n) is 9.51. The van der Waals surface area contributed by atoms with Gasteiger partial charge in [0.15, 0.2) is 0 Å². The number of carboxylic acid groups (broad SMARTS) is 1. The summed E-state index contributed by atoms with van der Waals surface area (Å²) in [6, 6.07) is 7.88. The van der Waals surface area contributed by atoms with E-state index in [1.54, 1.807) is 12.1 Å². The van der Waals surface area contributed by atoms with Gasteiger partial charge in [-0.2, -0.15) is 0 Å². The molecule has 1 saturated carbocycles. The summed E-state index contributed by atoms with van der Waals surface area (Å²) in [7, 11) is 0. The number of aliphatic hydroxyl groups excluding tert-OH is 1. The summed E-state index contributed by atoms with van der Waals surface area (Å²) in [5, 5.41) is 24.0. The molecule has 2 rings (SSSR count). The SMILES string of the molecule is O=C1CCC[C@H]([C@@H](NC(=O)C[C@H](O)CNC(=O)OCc2ccccc2)C(=O)O)C1. The molecule has 1 aromatic rings. The highest BCUT2D eigenvalue weighted by atomic mass is 16.5. The van der Waals surface area contributed by atoms with Crippen LogP contribution in [0.25, 0.3) is 0 Å². The predicted molar refractivity (Wildman–Crippen MR) is 102 cm³/mol. The Labute approximate surface area is 168 Å². The van der Waals surface area contributed by atoms with Gasteiger partial charge in [0.25, 0.3) is 0 Å². The molecule has 0 unspecified atom stereocenters. The van der Waals surface area contributed by atoms with Gasteiger partial charge in [-0.3, -0.25) is 9.59 Å². The highest BCUT2D eigenvalue weighted by Crippen LogP contribution is 2.24. The molecule has 0 radical (unpaired) electrons. The molecule has 0 bridgehead atoms. The third-order valence-corrected chi connectivity index (χ3v) is 4.69. The average Bonchev–Trinajstić information content (AvgIpc) is 2.69. The van der Waals surface area contributed by atoms with Gasteiger partial charge < -0.3 is 25.6 Å².